The van der Waals surface area contributed by atoms with Gasteiger partial charge in [-0.2, -0.15) is 20.5 Å². The Morgan fingerprint density at radius 2 is 2.04 bits per heavy atom. The first kappa shape index (κ1) is 34.3. The fraction of sp³-hybridized carbons (Fsp3) is 0.417. The summed E-state index contributed by atoms with van der Waals surface area (Å²) in [6, 6.07) is 6.39. The molecular weight excluding hydrogens is 717 g/mol. The molecule has 0 bridgehead atoms. The van der Waals surface area contributed by atoms with E-state index >= 15 is 8.78 Å². The number of alkyl halides is 1. The Balaban J connectivity index is 1.24. The van der Waals surface area contributed by atoms with E-state index in [4.69, 9.17) is 37.1 Å². The van der Waals surface area contributed by atoms with Crippen LogP contribution in [-0.2, 0) is 4.79 Å². The number of nitrogen functional groups attached to an aromatic ring is 1. The third kappa shape index (κ3) is 5.54. The number of rotatable bonds is 7. The van der Waals surface area contributed by atoms with Crippen LogP contribution in [0, 0.1) is 40.2 Å². The Morgan fingerprint density at radius 3 is 2.81 bits per heavy atom. The number of hydrogen-bond donors (Lipinski definition) is 1. The van der Waals surface area contributed by atoms with Crippen molar-refractivity contribution in [3.8, 4) is 35.0 Å². The summed E-state index contributed by atoms with van der Waals surface area (Å²) in [5.41, 5.74) is 5.75. The van der Waals surface area contributed by atoms with Crippen LogP contribution < -0.4 is 20.1 Å². The predicted molar refractivity (Wildman–Crippen MR) is 190 cm³/mol. The standard InChI is InChI=1S/C36H32ClF3N8O3S/c1-18(11-41)9-24(49)47-14-19(15-47)13-46-7-8-50-31-27-30(44-35(45-34(27)46)51-17-36-5-2-6-48(36)16-20(38)10-36)29(40)26(28(31)37)21-3-4-23(39)32-25(21)22(12-42)33(43)52-32/h3-4,9,19-20H,2,5-8,10,13-17,43H2,1H3/b18-9+/t20-,36+/m1/s1. The van der Waals surface area contributed by atoms with Crippen molar-refractivity contribution in [1.29, 1.82) is 10.5 Å². The van der Waals surface area contributed by atoms with Gasteiger partial charge in [0.1, 0.15) is 47.6 Å². The lowest BCUT2D eigenvalue weighted by Crippen LogP contribution is -2.54. The highest BCUT2D eigenvalue weighted by Crippen LogP contribution is 2.51. The molecule has 2 aromatic carbocycles. The lowest BCUT2D eigenvalue weighted by Gasteiger charge is -2.41. The minimum Gasteiger partial charge on any atom is -0.489 e. The highest BCUT2D eigenvalue weighted by Gasteiger charge is 2.49. The van der Waals surface area contributed by atoms with Gasteiger partial charge in [-0.1, -0.05) is 17.7 Å². The van der Waals surface area contributed by atoms with E-state index in [0.29, 0.717) is 50.5 Å². The van der Waals surface area contributed by atoms with Crippen LogP contribution in [0.2, 0.25) is 5.02 Å². The highest BCUT2D eigenvalue weighted by molar-refractivity contribution is 7.23. The van der Waals surface area contributed by atoms with Gasteiger partial charge in [-0.3, -0.25) is 9.69 Å². The highest BCUT2D eigenvalue weighted by atomic mass is 35.5. The number of carbonyl (C=O) groups excluding carboxylic acids is 1. The number of nitrogens with two attached hydrogens (primary N) is 1. The second-order valence-electron chi connectivity index (χ2n) is 13.8. The first-order chi connectivity index (χ1) is 25.0. The largest absolute Gasteiger partial charge is 0.489 e. The molecule has 16 heteroatoms. The van der Waals surface area contributed by atoms with E-state index in [1.165, 1.54) is 18.2 Å². The second-order valence-corrected chi connectivity index (χ2v) is 15.3. The summed E-state index contributed by atoms with van der Waals surface area (Å²) in [6.45, 7) is 4.54. The molecule has 2 aromatic heterocycles. The third-order valence-electron chi connectivity index (χ3n) is 10.5. The number of thiophene rings is 1. The van der Waals surface area contributed by atoms with Crippen molar-refractivity contribution in [3.05, 3.63) is 46.0 Å². The number of benzene rings is 2. The topological polar surface area (TPSA) is 145 Å². The molecule has 4 aromatic rings. The quantitative estimate of drug-likeness (QED) is 0.177. The van der Waals surface area contributed by atoms with Gasteiger partial charge in [0, 0.05) is 61.1 Å². The van der Waals surface area contributed by atoms with Crippen molar-refractivity contribution in [3.63, 3.8) is 0 Å². The molecule has 2 N–H and O–H groups in total. The fourth-order valence-electron chi connectivity index (χ4n) is 8.08. The van der Waals surface area contributed by atoms with Crippen molar-refractivity contribution in [2.75, 3.05) is 63.1 Å². The molecule has 0 spiro atoms. The number of allylic oxidation sites excluding steroid dienone is 1. The normalized spacial score (nSPS) is 21.8. The molecule has 0 radical (unpaired) electrons. The molecule has 4 aliphatic heterocycles. The molecule has 8 rings (SSSR count). The molecule has 3 fully saturated rings. The number of carbonyl (C=O) groups is 1. The molecule has 11 nitrogen and oxygen atoms in total. The number of aromatic nitrogens is 2. The summed E-state index contributed by atoms with van der Waals surface area (Å²) in [5.74, 6) is -1.24. The van der Waals surface area contributed by atoms with Crippen molar-refractivity contribution in [2.45, 2.75) is 37.9 Å². The van der Waals surface area contributed by atoms with Crippen molar-refractivity contribution in [1.82, 2.24) is 19.8 Å². The number of hydrogen-bond acceptors (Lipinski definition) is 11. The number of anilines is 2. The minimum atomic E-state index is -0.978. The number of ether oxygens (including phenoxy) is 2. The van der Waals surface area contributed by atoms with Crippen molar-refractivity contribution < 1.29 is 27.4 Å². The van der Waals surface area contributed by atoms with Crippen LogP contribution in [-0.4, -0.2) is 89.9 Å². The van der Waals surface area contributed by atoms with E-state index in [1.54, 1.807) is 11.8 Å². The summed E-state index contributed by atoms with van der Waals surface area (Å²) in [6.07, 6.45) is 2.30. The second kappa shape index (κ2) is 13.0. The van der Waals surface area contributed by atoms with Crippen molar-refractivity contribution in [2.24, 2.45) is 5.92 Å². The maximum absolute atomic E-state index is 17.2. The maximum atomic E-state index is 17.2. The summed E-state index contributed by atoms with van der Waals surface area (Å²) < 4.78 is 59.4. The fourth-order valence-corrected chi connectivity index (χ4v) is 9.37. The first-order valence-corrected chi connectivity index (χ1v) is 18.1. The average molecular weight is 749 g/mol. The van der Waals surface area contributed by atoms with Crippen LogP contribution in [0.15, 0.2) is 23.8 Å². The van der Waals surface area contributed by atoms with E-state index in [9.17, 15) is 14.4 Å². The molecule has 52 heavy (non-hydrogen) atoms. The molecule has 4 aliphatic rings. The minimum absolute atomic E-state index is 0.00447. The predicted octanol–water partition coefficient (Wildman–Crippen LogP) is 5.98. The first-order valence-electron chi connectivity index (χ1n) is 16.9. The van der Waals surface area contributed by atoms with Gasteiger partial charge in [-0.15, -0.1) is 11.3 Å². The number of fused-ring (bicyclic) bond motifs is 2. The smallest absolute Gasteiger partial charge is 0.319 e. The Kier molecular flexibility index (Phi) is 8.56. The monoisotopic (exact) mass is 748 g/mol. The number of amides is 1. The molecule has 6 heterocycles. The van der Waals surface area contributed by atoms with Gasteiger partial charge < -0.3 is 25.0 Å². The van der Waals surface area contributed by atoms with Gasteiger partial charge in [0.15, 0.2) is 11.6 Å². The molecule has 3 saturated heterocycles. The molecule has 0 saturated carbocycles. The third-order valence-corrected chi connectivity index (χ3v) is 11.9. The van der Waals surface area contributed by atoms with Crippen molar-refractivity contribution >= 4 is 60.7 Å². The van der Waals surface area contributed by atoms with Gasteiger partial charge in [0.05, 0.1) is 38.8 Å². The summed E-state index contributed by atoms with van der Waals surface area (Å²) in [7, 11) is 0. The SMILES string of the molecule is C/C(C#N)=C\C(=O)N1CC(CN2CCOc3c(Cl)c(-c4ccc(F)c5sc(N)c(C#N)c45)c(F)c4nc(OC[C@@]56CCCN5C[C@H](F)C6)nc2c34)C1. The summed E-state index contributed by atoms with van der Waals surface area (Å²) >= 11 is 7.91. The van der Waals surface area contributed by atoms with Crippen LogP contribution in [0.5, 0.6) is 11.8 Å². The summed E-state index contributed by atoms with van der Waals surface area (Å²) in [5, 5.41) is 19.3. The Bertz CT molecular complexity index is 2280. The van der Waals surface area contributed by atoms with E-state index in [2.05, 4.69) is 9.88 Å². The lowest BCUT2D eigenvalue weighted by atomic mass is 9.95. The zero-order valence-corrected chi connectivity index (χ0v) is 29.6. The lowest BCUT2D eigenvalue weighted by molar-refractivity contribution is -0.131. The molecule has 2 atom stereocenters. The number of likely N-dealkylation sites (tertiary alicyclic amines) is 1. The zero-order valence-electron chi connectivity index (χ0n) is 28.0. The van der Waals surface area contributed by atoms with Crippen LogP contribution in [0.3, 0.4) is 0 Å². The molecule has 268 valence electrons. The van der Waals surface area contributed by atoms with Crippen LogP contribution in [0.1, 0.15) is 31.7 Å². The Morgan fingerprint density at radius 1 is 1.23 bits per heavy atom. The van der Waals surface area contributed by atoms with E-state index in [-0.39, 0.29) is 84.5 Å². The molecule has 0 aliphatic carbocycles. The van der Waals surface area contributed by atoms with Crippen LogP contribution >= 0.6 is 22.9 Å². The molecule has 0 unspecified atom stereocenters. The molecule has 1 amide bonds. The molecular formula is C36H32ClF3N8O3S. The van der Waals surface area contributed by atoms with Crippen LogP contribution in [0.25, 0.3) is 32.1 Å². The van der Waals surface area contributed by atoms with E-state index < -0.39 is 23.3 Å². The van der Waals surface area contributed by atoms with E-state index in [1.807, 2.05) is 17.0 Å². The summed E-state index contributed by atoms with van der Waals surface area (Å²) in [4.78, 5) is 27.6. The number of halogens is 4. The maximum Gasteiger partial charge on any atom is 0.319 e. The average Bonchev–Trinajstić information content (AvgIpc) is 3.70. The van der Waals surface area contributed by atoms with Crippen LogP contribution in [0.4, 0.5) is 24.0 Å². The van der Waals surface area contributed by atoms with Gasteiger partial charge in [0.25, 0.3) is 0 Å². The Labute approximate surface area is 305 Å². The number of nitriles is 2. The van der Waals surface area contributed by atoms with Gasteiger partial charge >= 0.3 is 6.01 Å². The van der Waals surface area contributed by atoms with Gasteiger partial charge in [-0.05, 0) is 37.9 Å². The Hall–Kier alpha value is -4.83. The van der Waals surface area contributed by atoms with Gasteiger partial charge in [-0.25, -0.2) is 13.2 Å². The van der Waals surface area contributed by atoms with E-state index in [0.717, 1.165) is 30.7 Å². The number of nitrogens with zero attached hydrogens (tertiary/aromatic N) is 7. The van der Waals surface area contributed by atoms with Gasteiger partial charge in [0.2, 0.25) is 5.91 Å². The zero-order chi connectivity index (χ0) is 36.5.